The lowest BCUT2D eigenvalue weighted by Gasteiger charge is -2.41. The highest BCUT2D eigenvalue weighted by Gasteiger charge is 2.44. The number of fused-ring (bicyclic) bond motifs is 1. The first-order valence-corrected chi connectivity index (χ1v) is 7.06. The van der Waals surface area contributed by atoms with Gasteiger partial charge in [0.1, 0.15) is 23.7 Å². The maximum atomic E-state index is 11.0. The Labute approximate surface area is 132 Å². The van der Waals surface area contributed by atoms with E-state index >= 15 is 0 Å². The molecule has 0 spiro atoms. The van der Waals surface area contributed by atoms with Crippen molar-refractivity contribution in [3.8, 4) is 17.5 Å². The molecule has 1 aliphatic rings. The molecule has 23 heavy (non-hydrogen) atoms. The van der Waals surface area contributed by atoms with Crippen molar-refractivity contribution in [3.63, 3.8) is 0 Å². The Hall–Kier alpha value is -2.67. The van der Waals surface area contributed by atoms with Crippen molar-refractivity contribution in [2.75, 3.05) is 0 Å². The lowest BCUT2D eigenvalue weighted by molar-refractivity contribution is -0.104. The molecule has 7 heteroatoms. The summed E-state index contributed by atoms with van der Waals surface area (Å²) >= 11 is 0. The highest BCUT2D eigenvalue weighted by Crippen LogP contribution is 2.42. The SMILES string of the molecule is CC1(C)Oc2ccc(C=O)cc2C(Oc2ccc(O)nn2)C1O. The van der Waals surface area contributed by atoms with Gasteiger partial charge in [0.25, 0.3) is 0 Å². The molecule has 0 saturated carbocycles. The number of aliphatic hydroxyl groups is 1. The van der Waals surface area contributed by atoms with Crippen LogP contribution in [0.4, 0.5) is 0 Å². The number of aromatic hydroxyl groups is 1. The summed E-state index contributed by atoms with van der Waals surface area (Å²) in [6, 6.07) is 7.70. The second-order valence-corrected chi connectivity index (χ2v) is 5.83. The minimum atomic E-state index is -0.993. The van der Waals surface area contributed by atoms with Gasteiger partial charge in [0.15, 0.2) is 6.10 Å². The molecular weight excluding hydrogens is 300 g/mol. The Bertz CT molecular complexity index is 730. The van der Waals surface area contributed by atoms with Gasteiger partial charge in [0, 0.05) is 23.3 Å². The Kier molecular flexibility index (Phi) is 3.65. The number of carbonyl (C=O) groups excluding carboxylic acids is 1. The van der Waals surface area contributed by atoms with Crippen molar-refractivity contribution in [1.29, 1.82) is 0 Å². The largest absolute Gasteiger partial charge is 0.492 e. The standard InChI is InChI=1S/C16H16N2O5/c1-16(2)15(21)14(22-13-6-5-12(20)17-18-13)10-7-9(8-19)3-4-11(10)23-16/h3-8,14-15,21H,1-2H3,(H,17,20). The molecule has 0 fully saturated rings. The number of aliphatic hydroxyl groups excluding tert-OH is 1. The number of benzene rings is 1. The van der Waals surface area contributed by atoms with Gasteiger partial charge in [-0.2, -0.15) is 0 Å². The molecule has 0 amide bonds. The predicted molar refractivity (Wildman–Crippen MR) is 79.6 cm³/mol. The molecule has 2 N–H and O–H groups in total. The molecule has 2 aromatic rings. The fraction of sp³-hybridized carbons (Fsp3) is 0.312. The number of hydrogen-bond acceptors (Lipinski definition) is 7. The first-order valence-electron chi connectivity index (χ1n) is 7.06. The second-order valence-electron chi connectivity index (χ2n) is 5.83. The van der Waals surface area contributed by atoms with Crippen LogP contribution in [0.3, 0.4) is 0 Å². The molecule has 2 heterocycles. The third-order valence-electron chi connectivity index (χ3n) is 3.72. The van der Waals surface area contributed by atoms with Crippen molar-refractivity contribution in [3.05, 3.63) is 41.5 Å². The molecule has 0 aliphatic carbocycles. The Morgan fingerprint density at radius 2 is 2.04 bits per heavy atom. The average molecular weight is 316 g/mol. The van der Waals surface area contributed by atoms with E-state index in [1.54, 1.807) is 32.0 Å². The Morgan fingerprint density at radius 3 is 2.70 bits per heavy atom. The number of carbonyl (C=O) groups is 1. The number of aldehydes is 1. The molecule has 1 aromatic carbocycles. The molecule has 1 aromatic heterocycles. The van der Waals surface area contributed by atoms with Crippen LogP contribution < -0.4 is 9.47 Å². The van der Waals surface area contributed by atoms with Gasteiger partial charge in [-0.05, 0) is 32.0 Å². The molecular formula is C16H16N2O5. The lowest BCUT2D eigenvalue weighted by atomic mass is 9.88. The number of aromatic nitrogens is 2. The quantitative estimate of drug-likeness (QED) is 0.830. The summed E-state index contributed by atoms with van der Waals surface area (Å²) in [4.78, 5) is 11.0. The summed E-state index contributed by atoms with van der Waals surface area (Å²) in [5.74, 6) is 0.448. The van der Waals surface area contributed by atoms with Gasteiger partial charge < -0.3 is 19.7 Å². The van der Waals surface area contributed by atoms with Gasteiger partial charge in [0.2, 0.25) is 11.8 Å². The van der Waals surface area contributed by atoms with Gasteiger partial charge >= 0.3 is 0 Å². The van der Waals surface area contributed by atoms with Gasteiger partial charge in [-0.3, -0.25) is 4.79 Å². The Morgan fingerprint density at radius 1 is 1.26 bits per heavy atom. The molecule has 0 bridgehead atoms. The van der Waals surface area contributed by atoms with Gasteiger partial charge in [-0.25, -0.2) is 0 Å². The van der Waals surface area contributed by atoms with Crippen molar-refractivity contribution in [2.24, 2.45) is 0 Å². The summed E-state index contributed by atoms with van der Waals surface area (Å²) in [5, 5.41) is 27.0. The van der Waals surface area contributed by atoms with Crippen LogP contribution >= 0.6 is 0 Å². The monoisotopic (exact) mass is 316 g/mol. The fourth-order valence-electron chi connectivity index (χ4n) is 2.47. The maximum Gasteiger partial charge on any atom is 0.234 e. The molecule has 7 nitrogen and oxygen atoms in total. The van der Waals surface area contributed by atoms with Gasteiger partial charge in [-0.1, -0.05) is 0 Å². The van der Waals surface area contributed by atoms with E-state index in [9.17, 15) is 15.0 Å². The first-order chi connectivity index (χ1) is 10.9. The zero-order valence-electron chi connectivity index (χ0n) is 12.6. The van der Waals surface area contributed by atoms with Crippen LogP contribution in [0.2, 0.25) is 0 Å². The first kappa shape index (κ1) is 15.2. The lowest BCUT2D eigenvalue weighted by Crippen LogP contribution is -2.50. The van der Waals surface area contributed by atoms with Crippen LogP contribution in [0.5, 0.6) is 17.5 Å². The molecule has 120 valence electrons. The van der Waals surface area contributed by atoms with Crippen LogP contribution in [0.1, 0.15) is 35.9 Å². The van der Waals surface area contributed by atoms with Crippen molar-refractivity contribution in [1.82, 2.24) is 10.2 Å². The van der Waals surface area contributed by atoms with E-state index in [-0.39, 0.29) is 11.8 Å². The average Bonchev–Trinajstić information content (AvgIpc) is 2.53. The van der Waals surface area contributed by atoms with E-state index in [0.29, 0.717) is 23.2 Å². The van der Waals surface area contributed by atoms with Crippen molar-refractivity contribution >= 4 is 6.29 Å². The number of rotatable bonds is 3. The molecule has 0 saturated heterocycles. The number of hydrogen-bond donors (Lipinski definition) is 2. The van der Waals surface area contributed by atoms with Gasteiger partial charge in [-0.15, -0.1) is 10.2 Å². The van der Waals surface area contributed by atoms with Crippen LogP contribution in [0.15, 0.2) is 30.3 Å². The predicted octanol–water partition coefficient (Wildman–Crippen LogP) is 1.65. The van der Waals surface area contributed by atoms with E-state index in [4.69, 9.17) is 9.47 Å². The fourth-order valence-corrected chi connectivity index (χ4v) is 2.47. The Balaban J connectivity index is 2.02. The summed E-state index contributed by atoms with van der Waals surface area (Å²) in [6.07, 6.45) is -1.07. The van der Waals surface area contributed by atoms with E-state index in [1.807, 2.05) is 0 Å². The minimum absolute atomic E-state index is 0.145. The summed E-state index contributed by atoms with van der Waals surface area (Å²) in [7, 11) is 0. The highest BCUT2D eigenvalue weighted by atomic mass is 16.5. The zero-order valence-corrected chi connectivity index (χ0v) is 12.6. The number of ether oxygens (including phenoxy) is 2. The van der Waals surface area contributed by atoms with Crippen molar-refractivity contribution in [2.45, 2.75) is 31.7 Å². The molecule has 1 aliphatic heterocycles. The molecule has 2 unspecified atom stereocenters. The molecule has 2 atom stereocenters. The zero-order chi connectivity index (χ0) is 16.6. The van der Waals surface area contributed by atoms with Crippen LogP contribution in [0.25, 0.3) is 0 Å². The molecule has 0 radical (unpaired) electrons. The normalized spacial score (nSPS) is 21.9. The summed E-state index contributed by atoms with van der Waals surface area (Å²) < 4.78 is 11.5. The summed E-state index contributed by atoms with van der Waals surface area (Å²) in [5.41, 5.74) is 0.117. The number of nitrogens with zero attached hydrogens (tertiary/aromatic N) is 2. The molecule has 3 rings (SSSR count). The van der Waals surface area contributed by atoms with Crippen LogP contribution in [-0.4, -0.2) is 38.4 Å². The third-order valence-corrected chi connectivity index (χ3v) is 3.72. The van der Waals surface area contributed by atoms with Crippen LogP contribution in [0, 0.1) is 0 Å². The van der Waals surface area contributed by atoms with Crippen LogP contribution in [-0.2, 0) is 0 Å². The van der Waals surface area contributed by atoms with E-state index in [2.05, 4.69) is 10.2 Å². The topological polar surface area (TPSA) is 102 Å². The van der Waals surface area contributed by atoms with Gasteiger partial charge in [0.05, 0.1) is 0 Å². The minimum Gasteiger partial charge on any atom is -0.492 e. The van der Waals surface area contributed by atoms with Crippen molar-refractivity contribution < 1.29 is 24.5 Å². The highest BCUT2D eigenvalue weighted by molar-refractivity contribution is 5.76. The third kappa shape index (κ3) is 2.83. The second kappa shape index (κ2) is 5.51. The maximum absolute atomic E-state index is 11.0. The van der Waals surface area contributed by atoms with E-state index in [0.717, 1.165) is 0 Å². The van der Waals surface area contributed by atoms with E-state index in [1.165, 1.54) is 12.1 Å². The smallest absolute Gasteiger partial charge is 0.234 e. The van der Waals surface area contributed by atoms with E-state index < -0.39 is 17.8 Å². The summed E-state index contributed by atoms with van der Waals surface area (Å²) in [6.45, 7) is 3.49.